The molecule has 1 amide bonds. The molecule has 2 aliphatic rings. The van der Waals surface area contributed by atoms with Gasteiger partial charge in [0.2, 0.25) is 0 Å². The quantitative estimate of drug-likeness (QED) is 0.865. The second kappa shape index (κ2) is 8.02. The summed E-state index contributed by atoms with van der Waals surface area (Å²) in [4.78, 5) is 23.0. The number of hydrogen-bond acceptors (Lipinski definition) is 6. The number of rotatable bonds is 5. The molecule has 0 aliphatic carbocycles. The van der Waals surface area contributed by atoms with E-state index in [1.54, 1.807) is 13.3 Å². The van der Waals surface area contributed by atoms with Gasteiger partial charge in [0.1, 0.15) is 11.4 Å². The summed E-state index contributed by atoms with van der Waals surface area (Å²) in [6, 6.07) is 8.39. The van der Waals surface area contributed by atoms with Crippen LogP contribution in [0, 0.1) is 0 Å². The zero-order chi connectivity index (χ0) is 18.6. The smallest absolute Gasteiger partial charge is 0.271 e. The molecule has 3 atom stereocenters. The molecule has 2 saturated heterocycles. The van der Waals surface area contributed by atoms with Crippen molar-refractivity contribution in [2.24, 2.45) is 0 Å². The van der Waals surface area contributed by atoms with Crippen LogP contribution in [0.25, 0.3) is 0 Å². The topological polar surface area (TPSA) is 76.6 Å². The summed E-state index contributed by atoms with van der Waals surface area (Å²) in [5.41, 5.74) is 1.56. The van der Waals surface area contributed by atoms with E-state index in [0.717, 1.165) is 38.3 Å². The summed E-state index contributed by atoms with van der Waals surface area (Å²) in [7, 11) is 1.67. The Morgan fingerprint density at radius 1 is 1.33 bits per heavy atom. The highest BCUT2D eigenvalue weighted by molar-refractivity contribution is 5.92. The molecule has 7 heteroatoms. The number of hydrogen-bond donors (Lipinski definition) is 1. The number of fused-ring (bicyclic) bond motifs is 1. The molecule has 7 nitrogen and oxygen atoms in total. The molecular formula is C20H24N4O3. The molecule has 142 valence electrons. The summed E-state index contributed by atoms with van der Waals surface area (Å²) in [5.74, 6) is 0.653. The summed E-state index contributed by atoms with van der Waals surface area (Å²) in [6.07, 6.45) is 6.71. The Kier molecular flexibility index (Phi) is 5.31. The third kappa shape index (κ3) is 3.94. The molecule has 2 fully saturated rings. The number of ether oxygens (including phenoxy) is 2. The number of likely N-dealkylation sites (tertiary alicyclic amines) is 1. The average Bonchev–Trinajstić information content (AvgIpc) is 3.06. The first-order chi connectivity index (χ1) is 13.2. The predicted octanol–water partition coefficient (Wildman–Crippen LogP) is 1.65. The van der Waals surface area contributed by atoms with Crippen molar-refractivity contribution in [2.75, 3.05) is 20.3 Å². The number of carbonyl (C=O) groups excluding carboxylic acids is 1. The number of nitrogens with zero attached hydrogens (tertiary/aromatic N) is 3. The van der Waals surface area contributed by atoms with Gasteiger partial charge in [-0.25, -0.2) is 4.98 Å². The minimum absolute atomic E-state index is 0.0117. The van der Waals surface area contributed by atoms with E-state index in [2.05, 4.69) is 32.3 Å². The molecule has 0 spiro atoms. The van der Waals surface area contributed by atoms with Crippen molar-refractivity contribution in [2.45, 2.75) is 37.6 Å². The van der Waals surface area contributed by atoms with E-state index in [1.807, 2.05) is 12.1 Å². The molecule has 27 heavy (non-hydrogen) atoms. The highest BCUT2D eigenvalue weighted by Crippen LogP contribution is 2.30. The van der Waals surface area contributed by atoms with E-state index in [9.17, 15) is 4.79 Å². The van der Waals surface area contributed by atoms with Crippen molar-refractivity contribution >= 4 is 5.91 Å². The van der Waals surface area contributed by atoms with Crippen LogP contribution in [-0.2, 0) is 11.3 Å². The Hall–Kier alpha value is -2.51. The van der Waals surface area contributed by atoms with E-state index in [4.69, 9.17) is 9.47 Å². The van der Waals surface area contributed by atoms with Crippen molar-refractivity contribution in [1.29, 1.82) is 0 Å². The van der Waals surface area contributed by atoms with Gasteiger partial charge in [-0.05, 0) is 30.5 Å². The fraction of sp³-hybridized carbons (Fsp3) is 0.450. The number of nitrogens with one attached hydrogen (secondary N) is 1. The van der Waals surface area contributed by atoms with Crippen molar-refractivity contribution in [3.63, 3.8) is 0 Å². The first-order valence-corrected chi connectivity index (χ1v) is 9.30. The van der Waals surface area contributed by atoms with Gasteiger partial charge in [-0.3, -0.25) is 14.7 Å². The Morgan fingerprint density at radius 3 is 2.93 bits per heavy atom. The zero-order valence-electron chi connectivity index (χ0n) is 15.4. The van der Waals surface area contributed by atoms with Crippen LogP contribution in [-0.4, -0.2) is 59.2 Å². The van der Waals surface area contributed by atoms with Crippen molar-refractivity contribution in [3.8, 4) is 5.75 Å². The lowest BCUT2D eigenvalue weighted by Gasteiger charge is -2.32. The average molecular weight is 368 g/mol. The van der Waals surface area contributed by atoms with Gasteiger partial charge in [0.05, 0.1) is 25.5 Å². The molecule has 0 unspecified atom stereocenters. The van der Waals surface area contributed by atoms with Gasteiger partial charge in [0, 0.05) is 38.1 Å². The van der Waals surface area contributed by atoms with E-state index in [-0.39, 0.29) is 18.1 Å². The van der Waals surface area contributed by atoms with Crippen LogP contribution in [0.15, 0.2) is 42.9 Å². The SMILES string of the molecule is COc1ccc(CN2C[C@@H](NC(=O)c3cnccn3)[C@H]3OCCC[C@H]32)cc1. The second-order valence-corrected chi connectivity index (χ2v) is 6.99. The maximum Gasteiger partial charge on any atom is 0.271 e. The molecule has 1 N–H and O–H groups in total. The van der Waals surface area contributed by atoms with Gasteiger partial charge in [-0.1, -0.05) is 12.1 Å². The van der Waals surface area contributed by atoms with E-state index in [0.29, 0.717) is 11.7 Å². The monoisotopic (exact) mass is 368 g/mol. The predicted molar refractivity (Wildman–Crippen MR) is 99.5 cm³/mol. The minimum Gasteiger partial charge on any atom is -0.497 e. The van der Waals surface area contributed by atoms with Gasteiger partial charge in [0.15, 0.2) is 0 Å². The van der Waals surface area contributed by atoms with Gasteiger partial charge < -0.3 is 14.8 Å². The van der Waals surface area contributed by atoms with Crippen LogP contribution in [0.3, 0.4) is 0 Å². The molecule has 3 heterocycles. The summed E-state index contributed by atoms with van der Waals surface area (Å²) < 4.78 is 11.3. The summed E-state index contributed by atoms with van der Waals surface area (Å²) >= 11 is 0. The normalized spacial score (nSPS) is 25.0. The first kappa shape index (κ1) is 17.9. The molecule has 1 aromatic carbocycles. The minimum atomic E-state index is -0.202. The Bertz CT molecular complexity index is 769. The highest BCUT2D eigenvalue weighted by atomic mass is 16.5. The van der Waals surface area contributed by atoms with Gasteiger partial charge in [-0.15, -0.1) is 0 Å². The lowest BCUT2D eigenvalue weighted by molar-refractivity contribution is -0.0211. The number of carbonyl (C=O) groups is 1. The van der Waals surface area contributed by atoms with Gasteiger partial charge in [0.25, 0.3) is 5.91 Å². The van der Waals surface area contributed by atoms with E-state index >= 15 is 0 Å². The van der Waals surface area contributed by atoms with Gasteiger partial charge in [-0.2, -0.15) is 0 Å². The lowest BCUT2D eigenvalue weighted by atomic mass is 10.0. The van der Waals surface area contributed by atoms with Crippen LogP contribution in [0.5, 0.6) is 5.75 Å². The maximum atomic E-state index is 12.5. The molecule has 0 saturated carbocycles. The lowest BCUT2D eigenvalue weighted by Crippen LogP contribution is -2.47. The Balaban J connectivity index is 1.46. The second-order valence-electron chi connectivity index (χ2n) is 6.99. The van der Waals surface area contributed by atoms with Crippen molar-refractivity contribution in [1.82, 2.24) is 20.2 Å². The number of amides is 1. The zero-order valence-corrected chi connectivity index (χ0v) is 15.4. The van der Waals surface area contributed by atoms with Crippen LogP contribution < -0.4 is 10.1 Å². The van der Waals surface area contributed by atoms with Crippen LogP contribution >= 0.6 is 0 Å². The first-order valence-electron chi connectivity index (χ1n) is 9.30. The molecule has 4 rings (SSSR count). The van der Waals surface area contributed by atoms with Crippen molar-refractivity contribution in [3.05, 3.63) is 54.1 Å². The number of aromatic nitrogens is 2. The summed E-state index contributed by atoms with van der Waals surface area (Å²) in [6.45, 7) is 2.33. The van der Waals surface area contributed by atoms with Crippen LogP contribution in [0.4, 0.5) is 0 Å². The van der Waals surface area contributed by atoms with Crippen LogP contribution in [0.1, 0.15) is 28.9 Å². The van der Waals surface area contributed by atoms with E-state index in [1.165, 1.54) is 18.0 Å². The third-order valence-electron chi connectivity index (χ3n) is 5.29. The molecule has 2 aromatic rings. The molecule has 0 radical (unpaired) electrons. The maximum absolute atomic E-state index is 12.5. The Morgan fingerprint density at radius 2 is 2.19 bits per heavy atom. The van der Waals surface area contributed by atoms with Gasteiger partial charge >= 0.3 is 0 Å². The fourth-order valence-corrected chi connectivity index (χ4v) is 3.99. The molecule has 2 aliphatic heterocycles. The number of methoxy groups -OCH3 is 1. The standard InChI is InChI=1S/C20H24N4O3/c1-26-15-6-4-14(5-7-15)12-24-13-17(19-18(24)3-2-10-27-19)23-20(25)16-11-21-8-9-22-16/h4-9,11,17-19H,2-3,10,12-13H2,1H3,(H,23,25)/t17-,18-,19-/m1/s1. The number of benzene rings is 1. The molecular weight excluding hydrogens is 344 g/mol. The largest absolute Gasteiger partial charge is 0.497 e. The fourth-order valence-electron chi connectivity index (χ4n) is 3.99. The third-order valence-corrected chi connectivity index (χ3v) is 5.29. The molecule has 0 bridgehead atoms. The Labute approximate surface area is 158 Å². The van der Waals surface area contributed by atoms with Crippen LogP contribution in [0.2, 0.25) is 0 Å². The van der Waals surface area contributed by atoms with E-state index < -0.39 is 0 Å². The van der Waals surface area contributed by atoms with Crippen molar-refractivity contribution < 1.29 is 14.3 Å². The molecule has 1 aromatic heterocycles. The summed E-state index contributed by atoms with van der Waals surface area (Å²) in [5, 5.41) is 3.10. The highest BCUT2D eigenvalue weighted by Gasteiger charge is 2.44.